The van der Waals surface area contributed by atoms with Crippen molar-refractivity contribution in [2.45, 2.75) is 96.1 Å². The summed E-state index contributed by atoms with van der Waals surface area (Å²) in [6, 6.07) is 2.37. The summed E-state index contributed by atoms with van der Waals surface area (Å²) in [5, 5.41) is 0. The van der Waals surface area contributed by atoms with Gasteiger partial charge in [0.25, 0.3) is 0 Å². The Morgan fingerprint density at radius 1 is 1.10 bits per heavy atom. The van der Waals surface area contributed by atoms with Crippen molar-refractivity contribution in [1.29, 1.82) is 0 Å². The van der Waals surface area contributed by atoms with Crippen LogP contribution in [0.5, 0.6) is 0 Å². The first kappa shape index (κ1) is 26.1. The molecule has 0 N–H and O–H groups in total. The fraction of sp³-hybridized carbons (Fsp3) is 0.643. The van der Waals surface area contributed by atoms with Gasteiger partial charge in [0.05, 0.1) is 0 Å². The monoisotopic (exact) mass is 534 g/mol. The molecule has 0 amide bonds. The van der Waals surface area contributed by atoms with Crippen molar-refractivity contribution < 1.29 is 0 Å². The quantitative estimate of drug-likeness (QED) is 0.182. The average Bonchev–Trinajstić information content (AvgIpc) is 2.68. The molecule has 1 fully saturated rings. The van der Waals surface area contributed by atoms with Gasteiger partial charge in [0.15, 0.2) is 0 Å². The molecule has 0 heterocycles. The van der Waals surface area contributed by atoms with Crippen LogP contribution < -0.4 is 0 Å². The Morgan fingerprint density at radius 3 is 2.23 bits per heavy atom. The molecule has 0 aromatic heterocycles. The molecule has 1 aromatic rings. The molecule has 0 aliphatic heterocycles. The maximum atomic E-state index is 3.91. The first-order chi connectivity index (χ1) is 14.0. The minimum absolute atomic E-state index is 0.769. The molecule has 30 heavy (non-hydrogen) atoms. The third-order valence-electron chi connectivity index (χ3n) is 7.99. The molecule has 1 aromatic carbocycles. The summed E-state index contributed by atoms with van der Waals surface area (Å²) in [5.74, 6) is 2.65. The number of rotatable bonds is 8. The molecule has 4 atom stereocenters. The molecule has 2 heteroatoms. The van der Waals surface area contributed by atoms with Gasteiger partial charge in [0, 0.05) is 0 Å². The molecule has 168 valence electrons. The van der Waals surface area contributed by atoms with Crippen LogP contribution in [-0.4, -0.2) is 21.6 Å². The Balaban J connectivity index is 2.47. The fourth-order valence-corrected chi connectivity index (χ4v) is 22.9. The standard InChI is InChI=1S/C16H21S.C10H19.2CH3.Sn/c1-6-7-8-9-10-17-16-14(4)12(2)11-13(3)15(16)5;1-8(2)10-6-4-9(3)5-7-10;;;/h6-8,10-11H,1,9H2,2-5H3;6,8-10H,4-5,7H2,1-3H3;2*1H3;/b8-7-;;;;/t;9-,10-;;;/m.0.../s1. The van der Waals surface area contributed by atoms with Gasteiger partial charge in [0.1, 0.15) is 0 Å². The number of aryl methyl sites for hydroxylation is 2. The van der Waals surface area contributed by atoms with Gasteiger partial charge in [-0.2, -0.15) is 0 Å². The zero-order chi connectivity index (χ0) is 22.6. The predicted molar refractivity (Wildman–Crippen MR) is 142 cm³/mol. The van der Waals surface area contributed by atoms with Crippen molar-refractivity contribution in [1.82, 2.24) is 0 Å². The molecule has 0 spiro atoms. The van der Waals surface area contributed by atoms with E-state index in [2.05, 4.69) is 94.9 Å². The summed E-state index contributed by atoms with van der Waals surface area (Å²) in [6.07, 6.45) is 12.1. The summed E-state index contributed by atoms with van der Waals surface area (Å²) >= 11 is -0.218. The third-order valence-corrected chi connectivity index (χ3v) is 27.2. The van der Waals surface area contributed by atoms with E-state index in [0.717, 1.165) is 25.0 Å². The van der Waals surface area contributed by atoms with E-state index in [-0.39, 0.29) is 0 Å². The Morgan fingerprint density at radius 2 is 1.70 bits per heavy atom. The zero-order valence-electron chi connectivity index (χ0n) is 21.1. The fourth-order valence-electron chi connectivity index (χ4n) is 5.60. The van der Waals surface area contributed by atoms with Gasteiger partial charge in [-0.15, -0.1) is 0 Å². The van der Waals surface area contributed by atoms with Crippen LogP contribution in [0.3, 0.4) is 0 Å². The van der Waals surface area contributed by atoms with Crippen molar-refractivity contribution in [2.24, 2.45) is 17.8 Å². The van der Waals surface area contributed by atoms with Gasteiger partial charge < -0.3 is 0 Å². The second-order valence-corrected chi connectivity index (χ2v) is 27.8. The van der Waals surface area contributed by atoms with Crippen LogP contribution in [0, 0.1) is 45.4 Å². The van der Waals surface area contributed by atoms with Gasteiger partial charge in [-0.25, -0.2) is 0 Å². The van der Waals surface area contributed by atoms with E-state index in [4.69, 9.17) is 0 Å². The van der Waals surface area contributed by atoms with E-state index >= 15 is 0 Å². The second kappa shape index (κ2) is 11.1. The molecule has 0 radical (unpaired) electrons. The van der Waals surface area contributed by atoms with Crippen LogP contribution in [0.4, 0.5) is 0 Å². The van der Waals surface area contributed by atoms with E-state index in [0.29, 0.717) is 0 Å². The third kappa shape index (κ3) is 6.00. The van der Waals surface area contributed by atoms with Crippen molar-refractivity contribution >= 4 is 30.1 Å². The van der Waals surface area contributed by atoms with Crippen LogP contribution in [0.2, 0.25) is 13.8 Å². The average molecular weight is 533 g/mol. The normalized spacial score (nSPS) is 23.9. The maximum absolute atomic E-state index is 3.91. The number of hydrogen-bond acceptors (Lipinski definition) is 1. The first-order valence-corrected chi connectivity index (χ1v) is 21.9. The van der Waals surface area contributed by atoms with Crippen molar-refractivity contribution in [3.63, 3.8) is 0 Å². The van der Waals surface area contributed by atoms with Crippen molar-refractivity contribution in [2.75, 3.05) is 0 Å². The second-order valence-electron chi connectivity index (χ2n) is 10.8. The molecule has 2 rings (SSSR count). The molecular weight excluding hydrogens is 487 g/mol. The van der Waals surface area contributed by atoms with E-state index < -0.39 is 18.4 Å². The Kier molecular flexibility index (Phi) is 9.68. The van der Waals surface area contributed by atoms with Gasteiger partial charge in [0.2, 0.25) is 0 Å². The van der Waals surface area contributed by atoms with E-state index in [1.807, 2.05) is 6.08 Å². The van der Waals surface area contributed by atoms with Crippen LogP contribution in [0.15, 0.2) is 35.8 Å². The Labute approximate surface area is 196 Å². The minimum atomic E-state index is -2.46. The SMILES string of the molecule is C=C/C=C\C[C@@H](Sc1c(C)c(C)cc(C)c1C)[Sn]([CH3])([CH3])[C@@H]1C[C@H](C)CC[C@H]1C(C)C. The van der Waals surface area contributed by atoms with Crippen molar-refractivity contribution in [3.05, 3.63) is 53.1 Å². The molecule has 0 unspecified atom stereocenters. The number of benzene rings is 1. The summed E-state index contributed by atoms with van der Waals surface area (Å²) in [7, 11) is 0. The number of allylic oxidation sites excluding steroid dienone is 3. The van der Waals surface area contributed by atoms with E-state index in [1.165, 1.54) is 47.9 Å². The molecular formula is C28H46SSn. The van der Waals surface area contributed by atoms with Crippen LogP contribution in [-0.2, 0) is 0 Å². The number of hydrogen-bond donors (Lipinski definition) is 0. The van der Waals surface area contributed by atoms with Gasteiger partial charge >= 0.3 is 197 Å². The molecule has 1 saturated carbocycles. The van der Waals surface area contributed by atoms with E-state index in [9.17, 15) is 0 Å². The van der Waals surface area contributed by atoms with Gasteiger partial charge in [-0.1, -0.05) is 0 Å². The summed E-state index contributed by atoms with van der Waals surface area (Å²) in [4.78, 5) is 7.12. The summed E-state index contributed by atoms with van der Waals surface area (Å²) < 4.78 is 1.76. The zero-order valence-corrected chi connectivity index (χ0v) is 24.8. The molecule has 1 aliphatic carbocycles. The van der Waals surface area contributed by atoms with Crippen LogP contribution in [0.25, 0.3) is 0 Å². The predicted octanol–water partition coefficient (Wildman–Crippen LogP) is 9.22. The summed E-state index contributed by atoms with van der Waals surface area (Å²) in [6.45, 7) is 20.6. The van der Waals surface area contributed by atoms with E-state index in [1.54, 1.807) is 4.90 Å². The molecule has 0 saturated heterocycles. The molecule has 0 nitrogen and oxygen atoms in total. The Bertz CT molecular complexity index is 732. The van der Waals surface area contributed by atoms with Crippen LogP contribution >= 0.6 is 11.8 Å². The number of thioether (sulfide) groups is 1. The summed E-state index contributed by atoms with van der Waals surface area (Å²) in [5.41, 5.74) is 5.89. The topological polar surface area (TPSA) is 0 Å². The first-order valence-electron chi connectivity index (χ1n) is 12.0. The van der Waals surface area contributed by atoms with Gasteiger partial charge in [-0.3, -0.25) is 0 Å². The molecule has 1 aliphatic rings. The molecule has 0 bridgehead atoms. The van der Waals surface area contributed by atoms with Crippen LogP contribution in [0.1, 0.15) is 68.7 Å². The van der Waals surface area contributed by atoms with Crippen molar-refractivity contribution in [3.8, 4) is 0 Å². The Hall–Kier alpha value is -0.151. The van der Waals surface area contributed by atoms with Gasteiger partial charge in [-0.05, 0) is 0 Å².